The van der Waals surface area contributed by atoms with Crippen molar-refractivity contribution in [2.24, 2.45) is 0 Å². The van der Waals surface area contributed by atoms with Crippen molar-refractivity contribution in [1.29, 1.82) is 0 Å². The van der Waals surface area contributed by atoms with Crippen LogP contribution in [0.15, 0.2) is 0 Å². The van der Waals surface area contributed by atoms with Crippen molar-refractivity contribution in [3.63, 3.8) is 0 Å². The number of hydrogen-bond acceptors (Lipinski definition) is 7. The number of epoxide rings is 2. The third-order valence-corrected chi connectivity index (χ3v) is 2.84. The maximum Gasteiger partial charge on any atom is 0.183 e. The van der Waals surface area contributed by atoms with Gasteiger partial charge in [0, 0.05) is 0 Å². The molecule has 0 aromatic rings. The van der Waals surface area contributed by atoms with Gasteiger partial charge in [-0.05, 0) is 6.92 Å². The zero-order valence-corrected chi connectivity index (χ0v) is 11.1. The Morgan fingerprint density at radius 1 is 1.11 bits per heavy atom. The minimum Gasteiger partial charge on any atom is -0.394 e. The van der Waals surface area contributed by atoms with Gasteiger partial charge in [-0.15, -0.1) is 0 Å². The molecule has 0 saturated carbocycles. The quantitative estimate of drug-likeness (QED) is 0.366. The topological polar surface area (TPSA) is 93.2 Å². The summed E-state index contributed by atoms with van der Waals surface area (Å²) in [6.45, 7) is 3.88. The predicted molar refractivity (Wildman–Crippen MR) is 63.7 cm³/mol. The molecule has 2 heterocycles. The Kier molecular flexibility index (Phi) is 5.96. The lowest BCUT2D eigenvalue weighted by Gasteiger charge is -2.25. The highest BCUT2D eigenvalue weighted by molar-refractivity contribution is 4.71. The van der Waals surface area contributed by atoms with Crippen molar-refractivity contribution < 1.29 is 33.9 Å². The van der Waals surface area contributed by atoms with Gasteiger partial charge in [0.1, 0.15) is 24.4 Å². The lowest BCUT2D eigenvalue weighted by Crippen LogP contribution is -2.36. The Hall–Kier alpha value is -0.280. The Balaban J connectivity index is 1.68. The Morgan fingerprint density at radius 2 is 1.63 bits per heavy atom. The van der Waals surface area contributed by atoms with E-state index in [2.05, 4.69) is 0 Å². The second kappa shape index (κ2) is 7.49. The van der Waals surface area contributed by atoms with Crippen molar-refractivity contribution in [2.75, 3.05) is 39.6 Å². The van der Waals surface area contributed by atoms with Gasteiger partial charge >= 0.3 is 0 Å². The third-order valence-electron chi connectivity index (χ3n) is 2.84. The first kappa shape index (κ1) is 15.1. The normalized spacial score (nSPS) is 29.8. The lowest BCUT2D eigenvalue weighted by molar-refractivity contribution is -0.210. The van der Waals surface area contributed by atoms with Gasteiger partial charge < -0.3 is 33.9 Å². The molecule has 112 valence electrons. The van der Waals surface area contributed by atoms with E-state index in [0.717, 1.165) is 13.2 Å². The SMILES string of the molecule is CC(OCC(O)CO)C(OCC1CO1)OCC1CO1. The van der Waals surface area contributed by atoms with Gasteiger partial charge in [0.05, 0.1) is 39.6 Å². The van der Waals surface area contributed by atoms with E-state index in [1.807, 2.05) is 0 Å². The molecule has 4 atom stereocenters. The molecule has 2 N–H and O–H groups in total. The molecule has 0 bridgehead atoms. The summed E-state index contributed by atoms with van der Waals surface area (Å²) in [4.78, 5) is 0. The van der Waals surface area contributed by atoms with Gasteiger partial charge in [-0.25, -0.2) is 0 Å². The molecule has 2 aliphatic heterocycles. The van der Waals surface area contributed by atoms with E-state index in [0.29, 0.717) is 13.2 Å². The zero-order chi connectivity index (χ0) is 13.7. The Labute approximate surface area is 112 Å². The number of aliphatic hydroxyl groups excluding tert-OH is 2. The summed E-state index contributed by atoms with van der Waals surface area (Å²) in [5.41, 5.74) is 0. The highest BCUT2D eigenvalue weighted by Gasteiger charge is 2.30. The summed E-state index contributed by atoms with van der Waals surface area (Å²) in [6, 6.07) is 0. The van der Waals surface area contributed by atoms with E-state index >= 15 is 0 Å². The molecule has 2 rings (SSSR count). The first-order valence-electron chi connectivity index (χ1n) is 6.56. The van der Waals surface area contributed by atoms with E-state index in [1.165, 1.54) is 0 Å². The summed E-state index contributed by atoms with van der Waals surface area (Å²) in [7, 11) is 0. The molecule has 2 aliphatic rings. The Morgan fingerprint density at radius 3 is 2.05 bits per heavy atom. The van der Waals surface area contributed by atoms with E-state index in [4.69, 9.17) is 28.8 Å². The average molecular weight is 278 g/mol. The number of aliphatic hydroxyl groups is 2. The number of hydrogen-bond donors (Lipinski definition) is 2. The van der Waals surface area contributed by atoms with Crippen molar-refractivity contribution in [3.05, 3.63) is 0 Å². The first-order valence-corrected chi connectivity index (χ1v) is 6.56. The van der Waals surface area contributed by atoms with E-state index in [1.54, 1.807) is 6.92 Å². The van der Waals surface area contributed by atoms with Gasteiger partial charge in [-0.3, -0.25) is 0 Å². The zero-order valence-electron chi connectivity index (χ0n) is 11.1. The molecule has 4 unspecified atom stereocenters. The molecule has 0 aliphatic carbocycles. The van der Waals surface area contributed by atoms with E-state index < -0.39 is 12.4 Å². The summed E-state index contributed by atoms with van der Waals surface area (Å²) in [6.07, 6.45) is -1.46. The molecule has 2 saturated heterocycles. The van der Waals surface area contributed by atoms with Gasteiger partial charge in [0.2, 0.25) is 0 Å². The highest BCUT2D eigenvalue weighted by atomic mass is 16.7. The van der Waals surface area contributed by atoms with Crippen LogP contribution in [-0.2, 0) is 23.7 Å². The molecular formula is C12H22O7. The van der Waals surface area contributed by atoms with Crippen LogP contribution in [0.3, 0.4) is 0 Å². The van der Waals surface area contributed by atoms with Crippen LogP contribution < -0.4 is 0 Å². The molecule has 0 spiro atoms. The maximum absolute atomic E-state index is 9.25. The summed E-state index contributed by atoms with van der Waals surface area (Å²) >= 11 is 0. The van der Waals surface area contributed by atoms with Gasteiger partial charge in [-0.2, -0.15) is 0 Å². The van der Waals surface area contributed by atoms with Crippen molar-refractivity contribution in [3.8, 4) is 0 Å². The standard InChI is InChI=1S/C12H22O7/c1-8(15-3-9(14)2-13)12(18-6-10-4-16-10)19-7-11-5-17-11/h8-14H,2-7H2,1H3. The third kappa shape index (κ3) is 6.13. The van der Waals surface area contributed by atoms with Gasteiger partial charge in [0.25, 0.3) is 0 Å². The van der Waals surface area contributed by atoms with Crippen LogP contribution in [0, 0.1) is 0 Å². The average Bonchev–Trinajstić information content (AvgIpc) is 3.27. The van der Waals surface area contributed by atoms with Crippen LogP contribution in [0.5, 0.6) is 0 Å². The molecule has 7 nitrogen and oxygen atoms in total. The number of ether oxygens (including phenoxy) is 5. The van der Waals surface area contributed by atoms with E-state index in [-0.39, 0.29) is 31.5 Å². The monoisotopic (exact) mass is 278 g/mol. The van der Waals surface area contributed by atoms with E-state index in [9.17, 15) is 5.11 Å². The highest BCUT2D eigenvalue weighted by Crippen LogP contribution is 2.16. The molecule has 0 radical (unpaired) electrons. The lowest BCUT2D eigenvalue weighted by atomic mass is 10.3. The van der Waals surface area contributed by atoms with Gasteiger partial charge in [0.15, 0.2) is 6.29 Å². The number of rotatable bonds is 11. The molecule has 0 amide bonds. The van der Waals surface area contributed by atoms with Crippen molar-refractivity contribution in [2.45, 2.75) is 37.6 Å². The van der Waals surface area contributed by atoms with Crippen LogP contribution in [0.1, 0.15) is 6.92 Å². The fourth-order valence-corrected chi connectivity index (χ4v) is 1.45. The van der Waals surface area contributed by atoms with Crippen LogP contribution in [0.25, 0.3) is 0 Å². The smallest absolute Gasteiger partial charge is 0.183 e. The molecular weight excluding hydrogens is 256 g/mol. The molecule has 2 fully saturated rings. The van der Waals surface area contributed by atoms with Crippen LogP contribution in [0.4, 0.5) is 0 Å². The molecule has 7 heteroatoms. The molecule has 0 aromatic carbocycles. The summed E-state index contributed by atoms with van der Waals surface area (Å²) < 4.78 is 26.8. The first-order chi connectivity index (χ1) is 9.19. The fraction of sp³-hybridized carbons (Fsp3) is 1.00. The van der Waals surface area contributed by atoms with Gasteiger partial charge in [-0.1, -0.05) is 0 Å². The Bertz CT molecular complexity index is 238. The summed E-state index contributed by atoms with van der Waals surface area (Å²) in [5.74, 6) is 0. The minimum atomic E-state index is -0.887. The molecule has 0 aromatic heterocycles. The fourth-order valence-electron chi connectivity index (χ4n) is 1.45. The van der Waals surface area contributed by atoms with Crippen molar-refractivity contribution in [1.82, 2.24) is 0 Å². The minimum absolute atomic E-state index is 0.0424. The summed E-state index contributed by atoms with van der Waals surface area (Å²) in [5, 5.41) is 18.0. The molecule has 19 heavy (non-hydrogen) atoms. The second-order valence-electron chi connectivity index (χ2n) is 4.82. The van der Waals surface area contributed by atoms with Crippen LogP contribution in [-0.4, -0.2) is 80.6 Å². The maximum atomic E-state index is 9.25. The van der Waals surface area contributed by atoms with Crippen LogP contribution >= 0.6 is 0 Å². The largest absolute Gasteiger partial charge is 0.394 e. The van der Waals surface area contributed by atoms with Crippen LogP contribution in [0.2, 0.25) is 0 Å². The van der Waals surface area contributed by atoms with Crippen molar-refractivity contribution >= 4 is 0 Å². The predicted octanol–water partition coefficient (Wildman–Crippen LogP) is -1.10. The second-order valence-corrected chi connectivity index (χ2v) is 4.82.